The highest BCUT2D eigenvalue weighted by Crippen LogP contribution is 2.35. The van der Waals surface area contributed by atoms with E-state index in [0.29, 0.717) is 11.1 Å². The number of hydrogen-bond acceptors (Lipinski definition) is 6. The van der Waals surface area contributed by atoms with Crippen LogP contribution in [0.2, 0.25) is 0 Å². The van der Waals surface area contributed by atoms with Crippen LogP contribution in [0.5, 0.6) is 0 Å². The molecule has 0 saturated carbocycles. The predicted molar refractivity (Wildman–Crippen MR) is 115 cm³/mol. The number of rotatable bonds is 8. The van der Waals surface area contributed by atoms with Gasteiger partial charge in [-0.1, -0.05) is 91.1 Å². The van der Waals surface area contributed by atoms with Crippen LogP contribution in [0.25, 0.3) is 0 Å². The minimum absolute atomic E-state index is 0.269. The monoisotopic (exact) mass is 431 g/mol. The van der Waals surface area contributed by atoms with E-state index in [-0.39, 0.29) is 10.2 Å². The molecule has 0 aliphatic rings. The van der Waals surface area contributed by atoms with Crippen LogP contribution in [0.4, 0.5) is 0 Å². The summed E-state index contributed by atoms with van der Waals surface area (Å²) in [6, 6.07) is 16.1. The van der Waals surface area contributed by atoms with Crippen molar-refractivity contribution in [1.29, 1.82) is 0 Å². The molecule has 8 heteroatoms. The number of aliphatic carboxylic acids is 1. The maximum Gasteiger partial charge on any atom is 0.325 e. The van der Waals surface area contributed by atoms with Gasteiger partial charge in [-0.2, -0.15) is 0 Å². The number of carbonyl (C=O) groups is 4. The van der Waals surface area contributed by atoms with E-state index in [1.165, 1.54) is 6.92 Å². The van der Waals surface area contributed by atoms with Crippen molar-refractivity contribution in [2.24, 2.45) is 5.92 Å². The molecule has 2 N–H and O–H groups in total. The van der Waals surface area contributed by atoms with Gasteiger partial charge in [-0.15, -0.1) is 0 Å². The van der Waals surface area contributed by atoms with Crippen LogP contribution in [0.1, 0.15) is 34.6 Å². The molecular weight excluding hydrogens is 410 g/mol. The number of carbonyl (C=O) groups excluding carboxylic acids is 3. The van der Waals surface area contributed by atoms with Gasteiger partial charge in [0.05, 0.1) is 10.5 Å². The van der Waals surface area contributed by atoms with E-state index < -0.39 is 28.4 Å². The summed E-state index contributed by atoms with van der Waals surface area (Å²) in [7, 11) is 0. The quantitative estimate of drug-likeness (QED) is 0.615. The maximum atomic E-state index is 12.6. The normalized spacial score (nSPS) is 12.8. The summed E-state index contributed by atoms with van der Waals surface area (Å²) in [6.45, 7) is 2.93. The lowest BCUT2D eigenvalue weighted by atomic mass is 10.2. The highest BCUT2D eigenvalue weighted by molar-refractivity contribution is 8.30. The summed E-state index contributed by atoms with van der Waals surface area (Å²) in [6.07, 6.45) is 0. The molecule has 2 aromatic rings. The molecule has 0 aromatic heterocycles. The molecule has 0 saturated heterocycles. The molecule has 0 radical (unpaired) electrons. The number of hydrogen-bond donors (Lipinski definition) is 2. The van der Waals surface area contributed by atoms with Crippen molar-refractivity contribution in [3.8, 4) is 0 Å². The first-order chi connectivity index (χ1) is 13.8. The molecule has 0 spiro atoms. The Morgan fingerprint density at radius 1 is 0.793 bits per heavy atom. The standard InChI is InChI=1S/C21H21NO5S2/c1-13(17(23)22-14(2)18(24)25)21(28-19(26)15-9-5-3-6-10-15)29-20(27)16-11-7-4-8-12-16/h3-14,21H,1-2H3,(H,22,23)(H,24,25)/t13?,14-/m0/s1. The molecule has 1 amide bonds. The Hall–Kier alpha value is -2.58. The zero-order chi connectivity index (χ0) is 21.4. The molecule has 2 atom stereocenters. The molecule has 152 valence electrons. The van der Waals surface area contributed by atoms with Gasteiger partial charge in [-0.05, 0) is 6.92 Å². The second kappa shape index (κ2) is 10.8. The van der Waals surface area contributed by atoms with Gasteiger partial charge in [0.15, 0.2) is 0 Å². The van der Waals surface area contributed by atoms with E-state index in [1.54, 1.807) is 67.6 Å². The average Bonchev–Trinajstić information content (AvgIpc) is 2.73. The molecule has 0 aliphatic heterocycles. The Balaban J connectivity index is 2.19. The predicted octanol–water partition coefficient (Wildman–Crippen LogP) is 3.69. The van der Waals surface area contributed by atoms with Crippen molar-refractivity contribution in [3.05, 3.63) is 71.8 Å². The fourth-order valence-corrected chi connectivity index (χ4v) is 4.59. The Kier molecular flexibility index (Phi) is 8.48. The molecular formula is C21H21NO5S2. The molecule has 1 unspecified atom stereocenters. The minimum atomic E-state index is -1.16. The van der Waals surface area contributed by atoms with Gasteiger partial charge >= 0.3 is 5.97 Å². The molecule has 0 heterocycles. The van der Waals surface area contributed by atoms with E-state index in [0.717, 1.165) is 23.5 Å². The van der Waals surface area contributed by atoms with Crippen molar-refractivity contribution in [1.82, 2.24) is 5.32 Å². The van der Waals surface area contributed by atoms with Crippen LogP contribution in [0, 0.1) is 5.92 Å². The van der Waals surface area contributed by atoms with Crippen LogP contribution in [-0.2, 0) is 9.59 Å². The maximum absolute atomic E-state index is 12.6. The van der Waals surface area contributed by atoms with E-state index in [1.807, 2.05) is 0 Å². The van der Waals surface area contributed by atoms with Crippen LogP contribution < -0.4 is 5.32 Å². The van der Waals surface area contributed by atoms with Gasteiger partial charge in [0.25, 0.3) is 0 Å². The van der Waals surface area contributed by atoms with E-state index in [2.05, 4.69) is 5.32 Å². The van der Waals surface area contributed by atoms with E-state index in [4.69, 9.17) is 5.11 Å². The molecule has 2 rings (SSSR count). The fourth-order valence-electron chi connectivity index (χ4n) is 2.25. The molecule has 0 bridgehead atoms. The SMILES string of the molecule is CC(C(=O)N[C@@H](C)C(=O)O)C(SC(=O)c1ccccc1)SC(=O)c1ccccc1. The minimum Gasteiger partial charge on any atom is -0.480 e. The lowest BCUT2D eigenvalue weighted by molar-refractivity contribution is -0.141. The van der Waals surface area contributed by atoms with E-state index >= 15 is 0 Å². The van der Waals surface area contributed by atoms with Gasteiger partial charge in [0.1, 0.15) is 6.04 Å². The third-order valence-corrected chi connectivity index (χ3v) is 6.77. The first-order valence-electron chi connectivity index (χ1n) is 8.85. The Labute approximate surface area is 177 Å². The van der Waals surface area contributed by atoms with Crippen molar-refractivity contribution in [2.45, 2.75) is 24.5 Å². The second-order valence-electron chi connectivity index (χ2n) is 6.27. The van der Waals surface area contributed by atoms with Crippen molar-refractivity contribution >= 4 is 45.6 Å². The Morgan fingerprint density at radius 2 is 1.21 bits per heavy atom. The summed E-state index contributed by atoms with van der Waals surface area (Å²) < 4.78 is -0.726. The molecule has 29 heavy (non-hydrogen) atoms. The first-order valence-corrected chi connectivity index (χ1v) is 10.6. The highest BCUT2D eigenvalue weighted by Gasteiger charge is 2.32. The Morgan fingerprint density at radius 3 is 1.59 bits per heavy atom. The Bertz CT molecular complexity index is 820. The van der Waals surface area contributed by atoms with Gasteiger partial charge in [0.2, 0.25) is 16.1 Å². The summed E-state index contributed by atoms with van der Waals surface area (Å²) >= 11 is 1.78. The smallest absolute Gasteiger partial charge is 0.325 e. The number of carboxylic acids is 1. The fraction of sp³-hybridized carbons (Fsp3) is 0.238. The van der Waals surface area contributed by atoms with Crippen molar-refractivity contribution < 1.29 is 24.3 Å². The lowest BCUT2D eigenvalue weighted by Crippen LogP contribution is -2.43. The summed E-state index contributed by atoms with van der Waals surface area (Å²) in [5.74, 6) is -2.48. The molecule has 2 aromatic carbocycles. The topological polar surface area (TPSA) is 101 Å². The molecule has 0 fully saturated rings. The van der Waals surface area contributed by atoms with Gasteiger partial charge in [0, 0.05) is 11.1 Å². The van der Waals surface area contributed by atoms with Gasteiger partial charge in [-0.25, -0.2) is 0 Å². The largest absolute Gasteiger partial charge is 0.480 e. The molecule has 6 nitrogen and oxygen atoms in total. The van der Waals surface area contributed by atoms with Crippen LogP contribution in [0.3, 0.4) is 0 Å². The average molecular weight is 432 g/mol. The van der Waals surface area contributed by atoms with Gasteiger partial charge < -0.3 is 10.4 Å². The van der Waals surface area contributed by atoms with Crippen molar-refractivity contribution in [2.75, 3.05) is 0 Å². The summed E-state index contributed by atoms with van der Waals surface area (Å²) in [5.41, 5.74) is 0.920. The number of thioether (sulfide) groups is 2. The number of nitrogens with one attached hydrogen (secondary N) is 1. The van der Waals surface area contributed by atoms with Gasteiger partial charge in [-0.3, -0.25) is 19.2 Å². The molecule has 0 aliphatic carbocycles. The number of amides is 1. The van der Waals surface area contributed by atoms with Crippen LogP contribution in [-0.4, -0.2) is 37.8 Å². The highest BCUT2D eigenvalue weighted by atomic mass is 32.2. The zero-order valence-corrected chi connectivity index (χ0v) is 17.5. The third kappa shape index (κ3) is 6.76. The van der Waals surface area contributed by atoms with Crippen molar-refractivity contribution in [3.63, 3.8) is 0 Å². The van der Waals surface area contributed by atoms with E-state index in [9.17, 15) is 19.2 Å². The van der Waals surface area contributed by atoms with Crippen LogP contribution >= 0.6 is 23.5 Å². The number of benzene rings is 2. The first kappa shape index (κ1) is 22.7. The third-order valence-electron chi connectivity index (χ3n) is 4.02. The number of carboxylic acid groups (broad SMARTS) is 1. The zero-order valence-electron chi connectivity index (χ0n) is 15.9. The van der Waals surface area contributed by atoms with Crippen LogP contribution in [0.15, 0.2) is 60.7 Å². The lowest BCUT2D eigenvalue weighted by Gasteiger charge is -2.22. The second-order valence-corrected chi connectivity index (χ2v) is 8.80. The summed E-state index contributed by atoms with van der Waals surface area (Å²) in [4.78, 5) is 48.8. The summed E-state index contributed by atoms with van der Waals surface area (Å²) in [5, 5.41) is 10.9.